The number of quaternary nitrogens is 1. The maximum absolute atomic E-state index is 6.60. The van der Waals surface area contributed by atoms with Gasteiger partial charge < -0.3 is 50.6 Å². The van der Waals surface area contributed by atoms with E-state index in [1.165, 1.54) is 51.0 Å². The van der Waals surface area contributed by atoms with E-state index in [9.17, 15) is 0 Å². The molecule has 3 aliphatic rings. The molecular weight excluding hydrogens is 1380 g/mol. The zero-order valence-electron chi connectivity index (χ0n) is 56.6. The predicted octanol–water partition coefficient (Wildman–Crippen LogP) is 16.8. The van der Waals surface area contributed by atoms with Gasteiger partial charge in [-0.3, -0.25) is 13.6 Å². The van der Waals surface area contributed by atoms with Crippen LogP contribution in [0.5, 0.6) is 40.2 Å². The van der Waals surface area contributed by atoms with Crippen molar-refractivity contribution in [2.24, 2.45) is 0 Å². The Labute approximate surface area is 604 Å². The molecule has 12 nitrogen and oxygen atoms in total. The molecule has 0 aromatic heterocycles. The summed E-state index contributed by atoms with van der Waals surface area (Å²) in [7, 11) is -3.46. The number of nitrogens with two attached hydrogens (primary N) is 1. The van der Waals surface area contributed by atoms with Crippen LogP contribution >= 0.6 is 16.5 Å². The molecule has 2 heterocycles. The van der Waals surface area contributed by atoms with Gasteiger partial charge in [0.25, 0.3) is 0 Å². The van der Waals surface area contributed by atoms with E-state index >= 15 is 0 Å². The van der Waals surface area contributed by atoms with Gasteiger partial charge in [0, 0.05) is 28.3 Å². The smallest absolute Gasteiger partial charge is 0.487 e. The zero-order chi connectivity index (χ0) is 66.4. The Kier molecular flexibility index (Phi) is 29.9. The first kappa shape index (κ1) is 73.9. The molecule has 15 heteroatoms. The minimum absolute atomic E-state index is 0. The molecule has 0 radical (unpaired) electrons. The van der Waals surface area contributed by atoms with E-state index in [0.29, 0.717) is 113 Å². The molecule has 100 heavy (non-hydrogen) atoms. The molecular formula is C85H88NO11P2Rh+4. The van der Waals surface area contributed by atoms with E-state index in [2.05, 4.69) is 212 Å². The minimum Gasteiger partial charge on any atom is -0.487 e. The van der Waals surface area contributed by atoms with E-state index in [-0.39, 0.29) is 33.5 Å². The Morgan fingerprint density at radius 2 is 0.810 bits per heavy atom. The monoisotopic (exact) mass is 1460 g/mol. The van der Waals surface area contributed by atoms with Crippen LogP contribution in [0.3, 0.4) is 0 Å². The number of rotatable bonds is 10. The molecule has 0 saturated heterocycles. The average molecular weight is 1460 g/mol. The Balaban J connectivity index is 0.000000208. The van der Waals surface area contributed by atoms with Crippen molar-refractivity contribution in [3.05, 3.63) is 304 Å². The molecule has 0 bridgehead atoms. The van der Waals surface area contributed by atoms with Crippen LogP contribution in [0.1, 0.15) is 30.4 Å². The molecule has 514 valence electrons. The van der Waals surface area contributed by atoms with Crippen LogP contribution in [0.2, 0.25) is 0 Å². The van der Waals surface area contributed by atoms with Crippen molar-refractivity contribution in [2.45, 2.75) is 32.4 Å². The molecule has 0 unspecified atom stereocenters. The van der Waals surface area contributed by atoms with Crippen LogP contribution in [-0.2, 0) is 51.5 Å². The van der Waals surface area contributed by atoms with Gasteiger partial charge >= 0.3 is 28.1 Å². The van der Waals surface area contributed by atoms with Crippen molar-refractivity contribution in [2.75, 3.05) is 79.3 Å². The number of fused-ring (bicyclic) bond motifs is 9. The quantitative estimate of drug-likeness (QED) is 0.0610. The summed E-state index contributed by atoms with van der Waals surface area (Å²) in [5, 5.41) is 11.0. The Hall–Kier alpha value is -8.83. The Morgan fingerprint density at radius 3 is 1.39 bits per heavy atom. The predicted molar refractivity (Wildman–Crippen MR) is 406 cm³/mol. The van der Waals surface area contributed by atoms with E-state index in [0.717, 1.165) is 52.2 Å². The third kappa shape index (κ3) is 21.6. The van der Waals surface area contributed by atoms with Gasteiger partial charge in [-0.05, 0) is 118 Å². The average Bonchev–Trinajstić information content (AvgIpc) is 1.40. The van der Waals surface area contributed by atoms with Gasteiger partial charge in [0.1, 0.15) is 55.4 Å². The summed E-state index contributed by atoms with van der Waals surface area (Å²) in [5.41, 5.74) is 7.26. The number of para-hydroxylation sites is 2. The SMILES string of the molecule is C1=C\CC/C=C\C[CH-]/1.[CH3-].[Rh+3].c1ccc(C[NH2+]Cc2cccc(-c3cccc([PH+](c4ccccc4)c4ccccc4)c3)c2)cc1.c1ccc2c(c1)OCCOCCOCCOc1ccc(O[PH+]3Oc4ccc5ccccc5c4-c4c(ccc5ccccc45)O3)cc1OCCOCCOCCO2. The molecule has 11 aromatic carbocycles. The molecule has 1 aliphatic carbocycles. The fourth-order valence-electron chi connectivity index (χ4n) is 11.7. The van der Waals surface area contributed by atoms with Crippen LogP contribution in [0, 0.1) is 13.8 Å². The van der Waals surface area contributed by atoms with Gasteiger partial charge in [-0.15, -0.1) is 6.08 Å². The van der Waals surface area contributed by atoms with Gasteiger partial charge in [-0.25, -0.2) is 18.6 Å². The van der Waals surface area contributed by atoms with Gasteiger partial charge in [-0.1, -0.05) is 189 Å². The molecule has 0 spiro atoms. The second-order valence-electron chi connectivity index (χ2n) is 23.3. The third-order valence-corrected chi connectivity index (χ3v) is 20.3. The van der Waals surface area contributed by atoms with Gasteiger partial charge in [0.05, 0.1) is 60.8 Å². The standard InChI is InChI=1S/C44H44O11P.C32H28NP.C8H11.CH3.Rh/c1-3-9-35-32(7-1)13-16-40-43(35)44-36-10-4-2-8-33(36)14-17-41(44)55-56(54-40)53-34-15-18-39-42(31-34)52-30-26-48-22-21-46-24-28-50-38-12-6-5-11-37(38)49-27-23-45-19-20-47-25-29-51-39;1-4-12-26(13-5-1)24-33-25-27-14-10-15-28(22-27)29-16-11-21-32(23-29)34(30-17-6-2-7-18-30)31-19-8-3-9-20-31;1-2-4-6-8-7-5-3-1;;/h1-18,31,56H,19-30H2;1-23,33H,24-25H2;1-3,6,8H,4-5,7H2;1H3;/q+1;;2*-1;+3/p+2/b;;3-1-,8-6-;;. The molecule has 0 atom stereocenters. The number of benzene rings is 11. The Morgan fingerprint density at radius 1 is 0.370 bits per heavy atom. The summed E-state index contributed by atoms with van der Waals surface area (Å²) in [6.45, 7) is 6.52. The van der Waals surface area contributed by atoms with Gasteiger partial charge in [0.2, 0.25) is 0 Å². The van der Waals surface area contributed by atoms with Crippen molar-refractivity contribution in [1.82, 2.24) is 0 Å². The maximum Gasteiger partial charge on any atom is 3.00 e. The van der Waals surface area contributed by atoms with Crippen molar-refractivity contribution in [3.63, 3.8) is 0 Å². The summed E-state index contributed by atoms with van der Waals surface area (Å²) in [5.74, 6) is 4.26. The van der Waals surface area contributed by atoms with E-state index < -0.39 is 16.5 Å². The first-order valence-corrected chi connectivity index (χ1v) is 36.6. The van der Waals surface area contributed by atoms with Crippen LogP contribution in [0.25, 0.3) is 43.8 Å². The van der Waals surface area contributed by atoms with Crippen molar-refractivity contribution < 1.29 is 76.3 Å². The summed E-state index contributed by atoms with van der Waals surface area (Å²) < 4.78 is 66.7. The molecule has 14 rings (SSSR count). The first-order chi connectivity index (χ1) is 48.7. The molecule has 11 aromatic rings. The summed E-state index contributed by atoms with van der Waals surface area (Å²) in [4.78, 5) is 0. The molecule has 0 fully saturated rings. The Bertz CT molecular complexity index is 4160. The number of allylic oxidation sites excluding steroid dienone is 4. The molecule has 2 N–H and O–H groups in total. The first-order valence-electron chi connectivity index (χ1n) is 33.8. The van der Waals surface area contributed by atoms with E-state index in [1.807, 2.05) is 72.8 Å². The van der Waals surface area contributed by atoms with Crippen molar-refractivity contribution in [1.29, 1.82) is 0 Å². The second kappa shape index (κ2) is 40.4. The zero-order valence-corrected chi connectivity index (χ0v) is 60.2. The molecule has 0 saturated carbocycles. The fourth-order valence-corrected chi connectivity index (χ4v) is 15.5. The molecule has 2 aliphatic heterocycles. The number of hydrogen-bond donors (Lipinski definition) is 1. The number of ether oxygens (including phenoxy) is 8. The largest absolute Gasteiger partial charge is 3.00 e. The van der Waals surface area contributed by atoms with Crippen LogP contribution in [0.15, 0.2) is 279 Å². The fraction of sp³-hybridized carbons (Fsp3) is 0.200. The third-order valence-electron chi connectivity index (χ3n) is 16.4. The van der Waals surface area contributed by atoms with Gasteiger partial charge in [0.15, 0.2) is 40.2 Å². The van der Waals surface area contributed by atoms with Crippen LogP contribution in [-0.4, -0.2) is 79.3 Å². The van der Waals surface area contributed by atoms with E-state index in [1.54, 1.807) is 6.07 Å². The topological polar surface area (TPSA) is 118 Å². The van der Waals surface area contributed by atoms with Crippen molar-refractivity contribution in [3.8, 4) is 62.5 Å². The van der Waals surface area contributed by atoms with Crippen molar-refractivity contribution >= 4 is 54.0 Å². The summed E-state index contributed by atoms with van der Waals surface area (Å²) in [6, 6.07) is 88.5. The second-order valence-corrected chi connectivity index (χ2v) is 26.9. The van der Waals surface area contributed by atoms with E-state index in [4.69, 9.17) is 51.5 Å². The normalized spacial score (nSPS) is 15.2. The molecule has 0 amide bonds. The maximum atomic E-state index is 6.60. The summed E-state index contributed by atoms with van der Waals surface area (Å²) in [6.07, 6.45) is 14.5. The number of hydrogen-bond acceptors (Lipinski definition) is 11. The minimum atomic E-state index is -2.40. The van der Waals surface area contributed by atoms with Crippen LogP contribution < -0.4 is 53.7 Å². The van der Waals surface area contributed by atoms with Crippen LogP contribution in [0.4, 0.5) is 0 Å². The summed E-state index contributed by atoms with van der Waals surface area (Å²) >= 11 is 0. The van der Waals surface area contributed by atoms with Gasteiger partial charge in [-0.2, -0.15) is 0 Å².